The quantitative estimate of drug-likeness (QED) is 0.213. The normalized spacial score (nSPS) is 32.4. The first-order valence-corrected chi connectivity index (χ1v) is 22.2. The summed E-state index contributed by atoms with van der Waals surface area (Å²) >= 11 is 0. The van der Waals surface area contributed by atoms with E-state index in [1.165, 1.54) is 6.92 Å². The Labute approximate surface area is 343 Å². The van der Waals surface area contributed by atoms with E-state index < -0.39 is 92.2 Å². The van der Waals surface area contributed by atoms with Gasteiger partial charge < -0.3 is 19.9 Å². The molecule has 4 heterocycles. The monoisotopic (exact) mass is 843 g/mol. The fraction of sp³-hybridized carbons (Fsp3) is 0.643. The molecule has 1 aromatic heterocycles. The van der Waals surface area contributed by atoms with Crippen molar-refractivity contribution in [3.8, 4) is 11.6 Å². The SMILES string of the molecule is CCC(C)N(C(=O)O)[C@@H]1C(=O)N2[C@@H](C[C@@](C)(Oc3nc4c(c5ccccc35)OCCC4)C2(F)F)C(=O)N[C@]2(C(=O)NS(=O)(=O)C3(C)CC3)C[C@H]2/C=C\CC[C@@H](C)C[C@H]1C. The molecule has 322 valence electrons. The molecule has 5 aliphatic rings. The number of amides is 4. The van der Waals surface area contributed by atoms with Crippen LogP contribution in [0.25, 0.3) is 10.8 Å². The Kier molecular flexibility index (Phi) is 11.0. The number of nitrogens with zero attached hydrogens (tertiary/aromatic N) is 3. The summed E-state index contributed by atoms with van der Waals surface area (Å²) in [7, 11) is -4.16. The van der Waals surface area contributed by atoms with Gasteiger partial charge in [-0.05, 0) is 96.5 Å². The van der Waals surface area contributed by atoms with Gasteiger partial charge in [0.1, 0.15) is 23.4 Å². The van der Waals surface area contributed by atoms with Gasteiger partial charge in [0.2, 0.25) is 21.8 Å². The van der Waals surface area contributed by atoms with E-state index in [4.69, 9.17) is 9.47 Å². The van der Waals surface area contributed by atoms with Gasteiger partial charge in [-0.3, -0.25) is 28.9 Å². The summed E-state index contributed by atoms with van der Waals surface area (Å²) in [5.74, 6) is -4.59. The zero-order valence-electron chi connectivity index (χ0n) is 34.4. The highest BCUT2D eigenvalue weighted by Gasteiger charge is 2.71. The second kappa shape index (κ2) is 15.2. The van der Waals surface area contributed by atoms with Gasteiger partial charge in [0.05, 0.1) is 17.0 Å². The lowest BCUT2D eigenvalue weighted by atomic mass is 9.86. The van der Waals surface area contributed by atoms with Crippen molar-refractivity contribution in [2.45, 2.75) is 146 Å². The van der Waals surface area contributed by atoms with E-state index in [-0.39, 0.29) is 29.5 Å². The van der Waals surface area contributed by atoms with Gasteiger partial charge in [0.25, 0.3) is 11.8 Å². The van der Waals surface area contributed by atoms with Crippen LogP contribution in [0.1, 0.15) is 105 Å². The molecule has 4 amide bonds. The number of carboxylic acid groups (broad SMARTS) is 1. The zero-order valence-corrected chi connectivity index (χ0v) is 35.2. The van der Waals surface area contributed by atoms with E-state index in [0.29, 0.717) is 73.8 Å². The maximum absolute atomic E-state index is 17.8. The number of hydrogen-bond donors (Lipinski definition) is 3. The van der Waals surface area contributed by atoms with E-state index in [1.54, 1.807) is 51.1 Å². The third-order valence-electron chi connectivity index (χ3n) is 13.3. The van der Waals surface area contributed by atoms with Crippen LogP contribution in [0, 0.1) is 17.8 Å². The summed E-state index contributed by atoms with van der Waals surface area (Å²) in [5.41, 5.74) is -3.94. The predicted molar refractivity (Wildman–Crippen MR) is 213 cm³/mol. The topological polar surface area (TPSA) is 185 Å². The third-order valence-corrected chi connectivity index (χ3v) is 15.5. The van der Waals surface area contributed by atoms with Gasteiger partial charge in [-0.15, -0.1) is 0 Å². The van der Waals surface area contributed by atoms with Gasteiger partial charge in [0, 0.05) is 29.2 Å². The number of sulfonamides is 1. The molecule has 3 N–H and O–H groups in total. The first-order chi connectivity index (χ1) is 27.7. The number of carbonyl (C=O) groups is 4. The number of aromatic nitrogens is 1. The lowest BCUT2D eigenvalue weighted by Crippen LogP contribution is -2.64. The Morgan fingerprint density at radius 1 is 1.15 bits per heavy atom. The maximum atomic E-state index is 17.8. The number of ether oxygens (including phenoxy) is 2. The lowest BCUT2D eigenvalue weighted by Gasteiger charge is -2.42. The van der Waals surface area contributed by atoms with Crippen LogP contribution in [0.5, 0.6) is 11.6 Å². The Balaban J connectivity index is 1.35. The molecule has 14 nitrogen and oxygen atoms in total. The zero-order chi connectivity index (χ0) is 42.9. The number of alkyl halides is 2. The van der Waals surface area contributed by atoms with E-state index in [0.717, 1.165) is 11.8 Å². The van der Waals surface area contributed by atoms with Crippen LogP contribution in [0.4, 0.5) is 13.6 Å². The standard InChI is InChI=1S/C42H55F2N5O9S/c1-7-26(4)48(38(53)54)32-25(3)21-24(2)13-8-9-14-27-22-41(27,37(52)47-59(55,56)39(5)18-19-39)46-34(50)31-23-40(6,42(43,44)49(31)36(32)51)58-35-29-16-11-10-15-28(29)33-30(45-35)17-12-20-57-33/h9-11,14-16,24-27,31-32H,7-8,12-13,17-23H2,1-6H3,(H,46,50)(H,47,52)(H,53,54)/b14-9-/t24-,25-,26?,27-,31+,32+,40-,41-/m1/s1. The van der Waals surface area contributed by atoms with E-state index in [1.807, 2.05) is 13.0 Å². The molecule has 7 rings (SSSR count). The molecule has 2 aliphatic carbocycles. The smallest absolute Gasteiger partial charge is 0.408 e. The van der Waals surface area contributed by atoms with Crippen LogP contribution in [0.15, 0.2) is 36.4 Å². The fourth-order valence-corrected chi connectivity index (χ4v) is 10.4. The van der Waals surface area contributed by atoms with E-state index in [9.17, 15) is 27.9 Å². The predicted octanol–water partition coefficient (Wildman–Crippen LogP) is 5.92. The first-order valence-electron chi connectivity index (χ1n) is 20.7. The number of fused-ring (bicyclic) bond motifs is 5. The van der Waals surface area contributed by atoms with E-state index >= 15 is 13.6 Å². The number of allylic oxidation sites excluding steroid dienone is 1. The van der Waals surface area contributed by atoms with Crippen LogP contribution < -0.4 is 19.5 Å². The number of carbonyl (C=O) groups excluding carboxylic acids is 3. The van der Waals surface area contributed by atoms with Gasteiger partial charge >= 0.3 is 12.1 Å². The number of hydrogen-bond acceptors (Lipinski definition) is 9. The highest BCUT2D eigenvalue weighted by molar-refractivity contribution is 7.91. The molecule has 2 aromatic rings. The van der Waals surface area contributed by atoms with Crippen LogP contribution in [-0.4, -0.2) is 98.8 Å². The molecule has 2 saturated carbocycles. The molecular weight excluding hydrogens is 789 g/mol. The van der Waals surface area contributed by atoms with Crippen molar-refractivity contribution < 1.29 is 51.0 Å². The number of aryl methyl sites for hydroxylation is 1. The molecule has 0 spiro atoms. The van der Waals surface area contributed by atoms with Gasteiger partial charge in [-0.2, -0.15) is 8.78 Å². The molecule has 3 aliphatic heterocycles. The molecule has 3 fully saturated rings. The molecule has 59 heavy (non-hydrogen) atoms. The van der Waals surface area contributed by atoms with Gasteiger partial charge in [-0.25, -0.2) is 18.2 Å². The van der Waals surface area contributed by atoms with Gasteiger partial charge in [-0.1, -0.05) is 51.1 Å². The maximum Gasteiger partial charge on any atom is 0.408 e. The van der Waals surface area contributed by atoms with Crippen molar-refractivity contribution in [3.05, 3.63) is 42.1 Å². The molecule has 17 heteroatoms. The molecule has 0 radical (unpaired) electrons. The minimum absolute atomic E-state index is 0.0126. The molecule has 1 unspecified atom stereocenters. The van der Waals surface area contributed by atoms with Gasteiger partial charge in [0.15, 0.2) is 5.60 Å². The van der Waals surface area contributed by atoms with Crippen molar-refractivity contribution in [1.29, 1.82) is 0 Å². The molecule has 0 bridgehead atoms. The number of benzene rings is 1. The molecule has 1 saturated heterocycles. The average molecular weight is 844 g/mol. The second-order valence-electron chi connectivity index (χ2n) is 17.9. The van der Waals surface area contributed by atoms with Crippen molar-refractivity contribution >= 4 is 44.6 Å². The van der Waals surface area contributed by atoms with Crippen molar-refractivity contribution in [1.82, 2.24) is 24.8 Å². The Bertz CT molecular complexity index is 2180. The summed E-state index contributed by atoms with van der Waals surface area (Å²) in [6, 6.07) is -1.78. The van der Waals surface area contributed by atoms with Crippen LogP contribution in [-0.2, 0) is 30.8 Å². The van der Waals surface area contributed by atoms with Crippen molar-refractivity contribution in [2.75, 3.05) is 6.61 Å². The van der Waals surface area contributed by atoms with Crippen LogP contribution in [0.3, 0.4) is 0 Å². The van der Waals surface area contributed by atoms with Crippen LogP contribution in [0.2, 0.25) is 0 Å². The Morgan fingerprint density at radius 2 is 1.85 bits per heavy atom. The Morgan fingerprint density at radius 3 is 2.51 bits per heavy atom. The Hall–Kier alpha value is -4.54. The minimum atomic E-state index is -4.26. The number of halogens is 2. The fourth-order valence-electron chi connectivity index (χ4n) is 9.08. The number of rotatable bonds is 8. The average Bonchev–Trinajstić information content (AvgIpc) is 4.09. The highest BCUT2D eigenvalue weighted by Crippen LogP contribution is 2.52. The molecular formula is C42H55F2N5O9S. The summed E-state index contributed by atoms with van der Waals surface area (Å²) in [4.78, 5) is 62.7. The molecule has 8 atom stereocenters. The highest BCUT2D eigenvalue weighted by atomic mass is 32.2. The minimum Gasteiger partial charge on any atom is -0.491 e. The molecule has 1 aromatic carbocycles. The number of nitrogens with one attached hydrogen (secondary N) is 2. The van der Waals surface area contributed by atoms with E-state index in [2.05, 4.69) is 15.0 Å². The summed E-state index contributed by atoms with van der Waals surface area (Å²) in [5, 5.41) is 14.2. The summed E-state index contributed by atoms with van der Waals surface area (Å²) in [6.45, 7) is 9.96. The summed E-state index contributed by atoms with van der Waals surface area (Å²) in [6.07, 6.45) is 4.79. The van der Waals surface area contributed by atoms with Crippen LogP contribution >= 0.6 is 0 Å². The lowest BCUT2D eigenvalue weighted by molar-refractivity contribution is -0.219. The third kappa shape index (κ3) is 7.38. The largest absolute Gasteiger partial charge is 0.491 e. The van der Waals surface area contributed by atoms with Crippen molar-refractivity contribution in [2.24, 2.45) is 17.8 Å². The number of pyridine rings is 1. The summed E-state index contributed by atoms with van der Waals surface area (Å²) < 4.78 is 75.3. The van der Waals surface area contributed by atoms with Crippen molar-refractivity contribution in [3.63, 3.8) is 0 Å². The first kappa shape index (κ1) is 42.6. The second-order valence-corrected chi connectivity index (χ2v) is 20.1.